The van der Waals surface area contributed by atoms with Crippen LogP contribution in [-0.2, 0) is 25.0 Å². The second-order valence-corrected chi connectivity index (χ2v) is 8.61. The van der Waals surface area contributed by atoms with E-state index < -0.39 is 0 Å². The second-order valence-electron chi connectivity index (χ2n) is 8.61. The maximum Gasteiger partial charge on any atom is 0.338 e. The molecule has 0 fully saturated rings. The lowest BCUT2D eigenvalue weighted by Crippen LogP contribution is -2.06. The highest BCUT2D eigenvalue weighted by molar-refractivity contribution is 5.91. The lowest BCUT2D eigenvalue weighted by Gasteiger charge is -2.12. The van der Waals surface area contributed by atoms with Gasteiger partial charge in [0.25, 0.3) is 0 Å². The predicted molar refractivity (Wildman–Crippen MR) is 145 cm³/mol. The molecule has 4 heteroatoms. The summed E-state index contributed by atoms with van der Waals surface area (Å²) in [5.41, 5.74) is 5.59. The van der Waals surface area contributed by atoms with Gasteiger partial charge in [0.05, 0.1) is 5.56 Å². The van der Waals surface area contributed by atoms with E-state index in [1.165, 1.54) is 10.9 Å². The Hall–Kier alpha value is -4.57. The van der Waals surface area contributed by atoms with Crippen molar-refractivity contribution in [1.29, 1.82) is 0 Å². The first-order chi connectivity index (χ1) is 17.7. The Morgan fingerprint density at radius 1 is 0.750 bits per heavy atom. The standard InChI is InChI=1S/C32H27NO3/c1-33-29(20-27-14-8-9-15-30(27)33)19-18-26-16-17-28(32(34)36-23-25-12-6-3-7-13-25)21-31(26)35-22-24-10-4-2-5-11-24/h2-21H,22-23H2,1H3. The number of nitrogens with zero attached hydrogens (tertiary/aromatic N) is 1. The van der Waals surface area contributed by atoms with Crippen molar-refractivity contribution >= 4 is 29.0 Å². The minimum Gasteiger partial charge on any atom is -0.488 e. The third kappa shape index (κ3) is 5.39. The summed E-state index contributed by atoms with van der Waals surface area (Å²) >= 11 is 0. The number of benzene rings is 4. The van der Waals surface area contributed by atoms with E-state index in [4.69, 9.17) is 9.47 Å². The highest BCUT2D eigenvalue weighted by Gasteiger charge is 2.12. The number of rotatable bonds is 8. The van der Waals surface area contributed by atoms with Crippen LogP contribution in [-0.4, -0.2) is 10.5 Å². The highest BCUT2D eigenvalue weighted by Crippen LogP contribution is 2.26. The molecular weight excluding hydrogens is 446 g/mol. The largest absolute Gasteiger partial charge is 0.488 e. The molecule has 0 spiro atoms. The summed E-state index contributed by atoms with van der Waals surface area (Å²) in [4.78, 5) is 12.8. The first-order valence-electron chi connectivity index (χ1n) is 11.9. The van der Waals surface area contributed by atoms with Gasteiger partial charge in [-0.3, -0.25) is 0 Å². The molecule has 0 bridgehead atoms. The fourth-order valence-corrected chi connectivity index (χ4v) is 4.11. The van der Waals surface area contributed by atoms with Crippen LogP contribution in [0.15, 0.2) is 109 Å². The zero-order valence-electron chi connectivity index (χ0n) is 20.1. The van der Waals surface area contributed by atoms with Crippen LogP contribution >= 0.6 is 0 Å². The smallest absolute Gasteiger partial charge is 0.338 e. The molecule has 0 radical (unpaired) electrons. The maximum absolute atomic E-state index is 12.8. The average Bonchev–Trinajstić information content (AvgIpc) is 3.26. The lowest BCUT2D eigenvalue weighted by molar-refractivity contribution is 0.0472. The zero-order valence-corrected chi connectivity index (χ0v) is 20.1. The van der Waals surface area contributed by atoms with E-state index in [9.17, 15) is 4.79 Å². The van der Waals surface area contributed by atoms with Gasteiger partial charge in [-0.05, 0) is 47.5 Å². The van der Waals surface area contributed by atoms with Gasteiger partial charge in [0.15, 0.2) is 0 Å². The fourth-order valence-electron chi connectivity index (χ4n) is 4.11. The van der Waals surface area contributed by atoms with Gasteiger partial charge in [0.1, 0.15) is 19.0 Å². The Morgan fingerprint density at radius 2 is 1.42 bits per heavy atom. The van der Waals surface area contributed by atoms with E-state index in [2.05, 4.69) is 35.9 Å². The minimum atomic E-state index is -0.382. The van der Waals surface area contributed by atoms with E-state index in [1.807, 2.05) is 84.9 Å². The summed E-state index contributed by atoms with van der Waals surface area (Å²) in [5, 5.41) is 1.19. The van der Waals surface area contributed by atoms with Gasteiger partial charge in [-0.25, -0.2) is 4.79 Å². The predicted octanol–water partition coefficient (Wildman–Crippen LogP) is 7.28. The average molecular weight is 474 g/mol. The summed E-state index contributed by atoms with van der Waals surface area (Å²) in [7, 11) is 2.06. The Bertz CT molecular complexity index is 1500. The van der Waals surface area contributed by atoms with Crippen LogP contribution in [0.25, 0.3) is 23.1 Å². The molecular formula is C32H27NO3. The molecule has 0 atom stereocenters. The number of hydrogen-bond acceptors (Lipinski definition) is 3. The molecule has 5 rings (SSSR count). The van der Waals surface area contributed by atoms with Crippen molar-refractivity contribution in [3.63, 3.8) is 0 Å². The lowest BCUT2D eigenvalue weighted by atomic mass is 10.1. The van der Waals surface area contributed by atoms with Crippen molar-refractivity contribution in [2.24, 2.45) is 7.05 Å². The zero-order chi connectivity index (χ0) is 24.7. The molecule has 4 aromatic carbocycles. The number of ether oxygens (including phenoxy) is 2. The number of esters is 1. The number of hydrogen-bond donors (Lipinski definition) is 0. The summed E-state index contributed by atoms with van der Waals surface area (Å²) in [6.45, 7) is 0.626. The molecule has 178 valence electrons. The fraction of sp³-hybridized carbons (Fsp3) is 0.0938. The number of aryl methyl sites for hydroxylation is 1. The molecule has 0 amide bonds. The van der Waals surface area contributed by atoms with E-state index in [0.29, 0.717) is 17.9 Å². The number of para-hydroxylation sites is 1. The van der Waals surface area contributed by atoms with Crippen LogP contribution < -0.4 is 4.74 Å². The van der Waals surface area contributed by atoms with Gasteiger partial charge >= 0.3 is 5.97 Å². The molecule has 4 nitrogen and oxygen atoms in total. The van der Waals surface area contributed by atoms with Gasteiger partial charge in [-0.1, -0.05) is 84.9 Å². The molecule has 0 unspecified atom stereocenters. The highest BCUT2D eigenvalue weighted by atomic mass is 16.5. The molecule has 0 saturated heterocycles. The molecule has 5 aromatic rings. The Morgan fingerprint density at radius 3 is 2.14 bits per heavy atom. The van der Waals surface area contributed by atoms with Crippen LogP contribution in [0, 0.1) is 0 Å². The summed E-state index contributed by atoms with van der Waals surface area (Å²) < 4.78 is 13.9. The molecule has 36 heavy (non-hydrogen) atoms. The summed E-state index contributed by atoms with van der Waals surface area (Å²) in [6.07, 6.45) is 4.09. The first kappa shape index (κ1) is 23.2. The Balaban J connectivity index is 1.40. The minimum absolute atomic E-state index is 0.225. The molecule has 1 heterocycles. The van der Waals surface area contributed by atoms with Crippen molar-refractivity contribution < 1.29 is 14.3 Å². The number of aromatic nitrogens is 1. The summed E-state index contributed by atoms with van der Waals surface area (Å²) in [5.74, 6) is 0.246. The molecule has 0 aliphatic heterocycles. The first-order valence-corrected chi connectivity index (χ1v) is 11.9. The van der Waals surface area contributed by atoms with Crippen molar-refractivity contribution in [3.05, 3.63) is 137 Å². The monoisotopic (exact) mass is 473 g/mol. The summed E-state index contributed by atoms with van der Waals surface area (Å²) in [6, 6.07) is 35.5. The van der Waals surface area contributed by atoms with Crippen molar-refractivity contribution in [3.8, 4) is 5.75 Å². The quantitative estimate of drug-likeness (QED) is 0.222. The van der Waals surface area contributed by atoms with Crippen molar-refractivity contribution in [2.45, 2.75) is 13.2 Å². The number of fused-ring (bicyclic) bond motifs is 1. The third-order valence-corrected chi connectivity index (χ3v) is 6.12. The van der Waals surface area contributed by atoms with Gasteiger partial charge < -0.3 is 14.0 Å². The normalized spacial score (nSPS) is 11.1. The van der Waals surface area contributed by atoms with E-state index in [0.717, 1.165) is 22.4 Å². The molecule has 0 aliphatic rings. The number of carbonyl (C=O) groups is 1. The number of carbonyl (C=O) groups excluding carboxylic acids is 1. The molecule has 0 N–H and O–H groups in total. The van der Waals surface area contributed by atoms with Gasteiger partial charge in [0, 0.05) is 29.2 Å². The van der Waals surface area contributed by atoms with Crippen LogP contribution in [0.5, 0.6) is 5.75 Å². The van der Waals surface area contributed by atoms with Crippen molar-refractivity contribution in [1.82, 2.24) is 4.57 Å². The Labute approximate surface area is 211 Å². The maximum atomic E-state index is 12.8. The second kappa shape index (κ2) is 10.8. The molecule has 1 aromatic heterocycles. The SMILES string of the molecule is Cn1c(C=Cc2ccc(C(=O)OCc3ccccc3)cc2OCc2ccccc2)cc2ccccc21. The Kier molecular flexibility index (Phi) is 6.95. The van der Waals surface area contributed by atoms with Crippen LogP contribution in [0.4, 0.5) is 0 Å². The van der Waals surface area contributed by atoms with Gasteiger partial charge in [-0.2, -0.15) is 0 Å². The van der Waals surface area contributed by atoms with E-state index in [1.54, 1.807) is 12.1 Å². The third-order valence-electron chi connectivity index (χ3n) is 6.12. The van der Waals surface area contributed by atoms with Crippen LogP contribution in [0.3, 0.4) is 0 Å². The van der Waals surface area contributed by atoms with E-state index in [-0.39, 0.29) is 12.6 Å². The topological polar surface area (TPSA) is 40.5 Å². The van der Waals surface area contributed by atoms with Crippen molar-refractivity contribution in [2.75, 3.05) is 0 Å². The van der Waals surface area contributed by atoms with Gasteiger partial charge in [-0.15, -0.1) is 0 Å². The molecule has 0 aliphatic carbocycles. The van der Waals surface area contributed by atoms with Gasteiger partial charge in [0.2, 0.25) is 0 Å². The molecule has 0 saturated carbocycles. The van der Waals surface area contributed by atoms with Crippen LogP contribution in [0.1, 0.15) is 32.7 Å². The van der Waals surface area contributed by atoms with E-state index >= 15 is 0 Å². The van der Waals surface area contributed by atoms with Crippen LogP contribution in [0.2, 0.25) is 0 Å².